The summed E-state index contributed by atoms with van der Waals surface area (Å²) in [6.07, 6.45) is 0.811. The van der Waals surface area contributed by atoms with Crippen molar-refractivity contribution in [1.82, 2.24) is 5.43 Å². The molecular weight excluding hydrogens is 340 g/mol. The van der Waals surface area contributed by atoms with Crippen molar-refractivity contribution in [1.29, 1.82) is 0 Å². The van der Waals surface area contributed by atoms with Crippen molar-refractivity contribution >= 4 is 33.3 Å². The molecule has 1 saturated heterocycles. The van der Waals surface area contributed by atoms with Gasteiger partial charge in [0.2, 0.25) is 0 Å². The number of carbonyl (C=O) groups excluding carboxylic acids is 1. The van der Waals surface area contributed by atoms with E-state index in [1.807, 2.05) is 6.07 Å². The molecule has 134 valence electrons. The number of carbonyl (C=O) groups is 1. The minimum atomic E-state index is -0.261. The zero-order valence-corrected chi connectivity index (χ0v) is 15.3. The molecule has 8 heteroatoms. The number of thiophene rings is 1. The Balaban J connectivity index is 1.89. The van der Waals surface area contributed by atoms with Gasteiger partial charge in [0.1, 0.15) is 13.1 Å². The molecule has 2 aliphatic rings. The first kappa shape index (κ1) is 16.7. The Hall–Kier alpha value is -1.74. The fourth-order valence-electron chi connectivity index (χ4n) is 3.54. The molecule has 0 aromatic carbocycles. The van der Waals surface area contributed by atoms with Gasteiger partial charge >= 0.3 is 0 Å². The third-order valence-electron chi connectivity index (χ3n) is 4.83. The number of aromatic nitrogens is 1. The van der Waals surface area contributed by atoms with E-state index < -0.39 is 0 Å². The summed E-state index contributed by atoms with van der Waals surface area (Å²) in [5.74, 6) is 6.13. The molecule has 1 amide bonds. The maximum Gasteiger partial charge on any atom is 0.281 e. The molecule has 2 aromatic heterocycles. The number of anilines is 1. The van der Waals surface area contributed by atoms with Crippen molar-refractivity contribution in [2.75, 3.05) is 31.2 Å². The van der Waals surface area contributed by atoms with Crippen LogP contribution in [-0.4, -0.2) is 37.8 Å². The molecule has 0 spiro atoms. The summed E-state index contributed by atoms with van der Waals surface area (Å²) in [6.45, 7) is 7.91. The monoisotopic (exact) mass is 363 g/mol. The molecular formula is C17H23N4O3S+. The SMILES string of the molecule is CC1(C)Cc2c(c(N3CCOCC3)[nH+]c3sc(C(=O)NN)cc23)CO1. The largest absolute Gasteiger partial charge is 0.373 e. The van der Waals surface area contributed by atoms with Crippen LogP contribution in [0.5, 0.6) is 0 Å². The number of amides is 1. The Morgan fingerprint density at radius 1 is 1.36 bits per heavy atom. The molecule has 0 radical (unpaired) electrons. The average molecular weight is 363 g/mol. The van der Waals surface area contributed by atoms with E-state index in [2.05, 4.69) is 29.2 Å². The van der Waals surface area contributed by atoms with Crippen LogP contribution in [-0.2, 0) is 22.5 Å². The van der Waals surface area contributed by atoms with Crippen LogP contribution < -0.4 is 21.2 Å². The van der Waals surface area contributed by atoms with Gasteiger partial charge in [-0.15, -0.1) is 0 Å². The number of hydrogen-bond donors (Lipinski definition) is 2. The summed E-state index contributed by atoms with van der Waals surface area (Å²) in [5.41, 5.74) is 4.45. The third kappa shape index (κ3) is 2.99. The second-order valence-electron chi connectivity index (χ2n) is 7.08. The quantitative estimate of drug-likeness (QED) is 0.472. The topological polar surface area (TPSA) is 91.0 Å². The van der Waals surface area contributed by atoms with Crippen molar-refractivity contribution in [2.24, 2.45) is 5.84 Å². The van der Waals surface area contributed by atoms with E-state index in [0.717, 1.165) is 48.8 Å². The van der Waals surface area contributed by atoms with Crippen LogP contribution >= 0.6 is 11.3 Å². The Bertz CT molecular complexity index is 827. The lowest BCUT2D eigenvalue weighted by Gasteiger charge is -2.33. The van der Waals surface area contributed by atoms with E-state index in [1.165, 1.54) is 22.5 Å². The number of morpholine rings is 1. The summed E-state index contributed by atoms with van der Waals surface area (Å²) in [7, 11) is 0. The highest BCUT2D eigenvalue weighted by Gasteiger charge is 2.35. The number of H-pyrrole nitrogens is 1. The number of hydrazine groups is 1. The molecule has 7 nitrogen and oxygen atoms in total. The van der Waals surface area contributed by atoms with Crippen LogP contribution in [0.4, 0.5) is 5.82 Å². The number of hydrogen-bond acceptors (Lipinski definition) is 6. The number of rotatable bonds is 2. The van der Waals surface area contributed by atoms with Gasteiger partial charge in [-0.05, 0) is 25.5 Å². The van der Waals surface area contributed by atoms with Gasteiger partial charge in [-0.2, -0.15) is 0 Å². The molecule has 25 heavy (non-hydrogen) atoms. The first-order valence-corrected chi connectivity index (χ1v) is 9.28. The van der Waals surface area contributed by atoms with E-state index in [-0.39, 0.29) is 11.5 Å². The lowest BCUT2D eigenvalue weighted by atomic mass is 9.90. The van der Waals surface area contributed by atoms with Crippen LogP contribution in [0.1, 0.15) is 34.6 Å². The van der Waals surface area contributed by atoms with Crippen molar-refractivity contribution in [3.05, 3.63) is 22.1 Å². The number of nitrogens with zero attached hydrogens (tertiary/aromatic N) is 1. The summed E-state index contributed by atoms with van der Waals surface area (Å²) < 4.78 is 11.6. The smallest absolute Gasteiger partial charge is 0.281 e. The van der Waals surface area contributed by atoms with Crippen molar-refractivity contribution in [3.8, 4) is 0 Å². The Morgan fingerprint density at radius 2 is 2.12 bits per heavy atom. The van der Waals surface area contributed by atoms with Gasteiger partial charge in [0.05, 0.1) is 35.9 Å². The minimum Gasteiger partial charge on any atom is -0.373 e. The second kappa shape index (κ2) is 6.21. The van der Waals surface area contributed by atoms with E-state index >= 15 is 0 Å². The fourth-order valence-corrected chi connectivity index (χ4v) is 4.53. The summed E-state index contributed by atoms with van der Waals surface area (Å²) >= 11 is 1.43. The molecule has 4 N–H and O–H groups in total. The average Bonchev–Trinajstić information content (AvgIpc) is 3.05. The molecule has 4 rings (SSSR count). The summed E-state index contributed by atoms with van der Waals surface area (Å²) in [5, 5.41) is 1.09. The number of ether oxygens (including phenoxy) is 2. The lowest BCUT2D eigenvalue weighted by Crippen LogP contribution is -2.42. The zero-order valence-electron chi connectivity index (χ0n) is 14.5. The molecule has 0 bridgehead atoms. The Labute approximate surface area is 150 Å². The van der Waals surface area contributed by atoms with Crippen molar-refractivity contribution in [3.63, 3.8) is 0 Å². The van der Waals surface area contributed by atoms with Crippen molar-refractivity contribution in [2.45, 2.75) is 32.5 Å². The molecule has 1 fully saturated rings. The van der Waals surface area contributed by atoms with Crippen LogP contribution in [0.15, 0.2) is 6.07 Å². The van der Waals surface area contributed by atoms with E-state index in [0.29, 0.717) is 11.5 Å². The summed E-state index contributed by atoms with van der Waals surface area (Å²) in [4.78, 5) is 19.4. The number of nitrogens with two attached hydrogens (primary N) is 1. The van der Waals surface area contributed by atoms with Crippen LogP contribution in [0, 0.1) is 0 Å². The zero-order chi connectivity index (χ0) is 17.6. The molecule has 0 unspecified atom stereocenters. The number of nitrogens with one attached hydrogen (secondary N) is 2. The highest BCUT2D eigenvalue weighted by atomic mass is 32.1. The van der Waals surface area contributed by atoms with E-state index in [9.17, 15) is 4.79 Å². The summed E-state index contributed by atoms with van der Waals surface area (Å²) in [6, 6.07) is 1.93. The maximum absolute atomic E-state index is 12.0. The molecule has 2 aromatic rings. The van der Waals surface area contributed by atoms with Gasteiger partial charge in [-0.1, -0.05) is 11.3 Å². The molecule has 4 heterocycles. The second-order valence-corrected chi connectivity index (χ2v) is 8.13. The van der Waals surface area contributed by atoms with Gasteiger partial charge in [0.15, 0.2) is 4.83 Å². The molecule has 0 aliphatic carbocycles. The predicted molar refractivity (Wildman–Crippen MR) is 95.6 cm³/mol. The van der Waals surface area contributed by atoms with Crippen molar-refractivity contribution < 1.29 is 19.3 Å². The first-order valence-electron chi connectivity index (χ1n) is 8.47. The minimum absolute atomic E-state index is 0.220. The molecule has 0 saturated carbocycles. The van der Waals surface area contributed by atoms with Gasteiger partial charge < -0.3 is 9.47 Å². The Kier molecular flexibility index (Phi) is 4.15. The highest BCUT2D eigenvalue weighted by Crippen LogP contribution is 2.38. The van der Waals surface area contributed by atoms with Gasteiger partial charge in [-0.25, -0.2) is 10.8 Å². The number of pyridine rings is 1. The van der Waals surface area contributed by atoms with E-state index in [4.69, 9.17) is 15.3 Å². The van der Waals surface area contributed by atoms with Crippen LogP contribution in [0.3, 0.4) is 0 Å². The van der Waals surface area contributed by atoms with Crippen LogP contribution in [0.25, 0.3) is 10.2 Å². The normalized spacial score (nSPS) is 19.7. The van der Waals surface area contributed by atoms with Gasteiger partial charge in [-0.3, -0.25) is 15.1 Å². The Morgan fingerprint density at radius 3 is 2.84 bits per heavy atom. The fraction of sp³-hybridized carbons (Fsp3) is 0.529. The lowest BCUT2D eigenvalue weighted by molar-refractivity contribution is -0.329. The van der Waals surface area contributed by atoms with E-state index in [1.54, 1.807) is 0 Å². The highest BCUT2D eigenvalue weighted by molar-refractivity contribution is 7.20. The standard InChI is InChI=1S/C17H22N4O3S/c1-17(2)8-11-10-7-13(15(22)20-18)25-16(10)19-14(12(11)9-24-17)21-3-5-23-6-4-21/h7H,3-6,8-9,18H2,1-2H3,(H,20,22)/p+1. The maximum atomic E-state index is 12.0. The molecule has 0 atom stereocenters. The third-order valence-corrected chi connectivity index (χ3v) is 5.88. The van der Waals surface area contributed by atoms with Crippen LogP contribution in [0.2, 0.25) is 0 Å². The molecule has 2 aliphatic heterocycles. The number of aromatic amines is 1. The van der Waals surface area contributed by atoms with Gasteiger partial charge in [0.25, 0.3) is 11.7 Å². The predicted octanol–water partition coefficient (Wildman–Crippen LogP) is 1.01. The number of nitrogen functional groups attached to an aromatic ring is 1. The number of fused-ring (bicyclic) bond motifs is 3. The van der Waals surface area contributed by atoms with Gasteiger partial charge in [0, 0.05) is 11.8 Å². The first-order chi connectivity index (χ1) is 12.0.